The van der Waals surface area contributed by atoms with Crippen LogP contribution in [0.2, 0.25) is 0 Å². The summed E-state index contributed by atoms with van der Waals surface area (Å²) in [4.78, 5) is 4.39. The predicted octanol–water partition coefficient (Wildman–Crippen LogP) is 3.84. The molecule has 0 aliphatic carbocycles. The van der Waals surface area contributed by atoms with Gasteiger partial charge in [-0.15, -0.1) is 0 Å². The lowest BCUT2D eigenvalue weighted by atomic mass is 10.2. The average Bonchev–Trinajstić information content (AvgIpc) is 2.40. The number of hydrogen-bond donors (Lipinski definition) is 0. The van der Waals surface area contributed by atoms with Crippen molar-refractivity contribution in [2.45, 2.75) is 6.92 Å². The van der Waals surface area contributed by atoms with Crippen molar-refractivity contribution in [1.29, 1.82) is 0 Å². The molecule has 0 saturated heterocycles. The molecule has 2 aromatic carbocycles. The van der Waals surface area contributed by atoms with Gasteiger partial charge in [-0.2, -0.15) is 0 Å². The first-order valence-electron chi connectivity index (χ1n) is 5.70. The van der Waals surface area contributed by atoms with Crippen molar-refractivity contribution in [3.05, 3.63) is 60.2 Å². The van der Waals surface area contributed by atoms with E-state index in [4.69, 9.17) is 4.74 Å². The minimum absolute atomic E-state index is 0.692. The first kappa shape index (κ1) is 11.4. The summed E-state index contributed by atoms with van der Waals surface area (Å²) in [6.07, 6.45) is 1.85. The number of benzene rings is 2. The van der Waals surface area contributed by atoms with Gasteiger partial charge in [0.2, 0.25) is 0 Å². The average molecular weight is 225 g/mol. The molecule has 0 heterocycles. The van der Waals surface area contributed by atoms with Crippen LogP contribution in [-0.4, -0.2) is 12.8 Å². The van der Waals surface area contributed by atoms with Gasteiger partial charge in [-0.25, -0.2) is 0 Å². The van der Waals surface area contributed by atoms with E-state index in [-0.39, 0.29) is 0 Å². The smallest absolute Gasteiger partial charge is 0.119 e. The fourth-order valence-electron chi connectivity index (χ4n) is 1.48. The van der Waals surface area contributed by atoms with Crippen LogP contribution in [0.1, 0.15) is 12.5 Å². The molecule has 0 unspecified atom stereocenters. The molecule has 0 bridgehead atoms. The Morgan fingerprint density at radius 3 is 2.35 bits per heavy atom. The molecule has 2 rings (SSSR count). The van der Waals surface area contributed by atoms with Gasteiger partial charge in [0.15, 0.2) is 0 Å². The highest BCUT2D eigenvalue weighted by Crippen LogP contribution is 2.13. The van der Waals surface area contributed by atoms with E-state index in [1.54, 1.807) is 0 Å². The highest BCUT2D eigenvalue weighted by atomic mass is 16.5. The number of ether oxygens (including phenoxy) is 1. The minimum Gasteiger partial charge on any atom is -0.494 e. The molecule has 2 nitrogen and oxygen atoms in total. The molecule has 0 radical (unpaired) electrons. The summed E-state index contributed by atoms with van der Waals surface area (Å²) in [6, 6.07) is 17.8. The molecule has 0 fully saturated rings. The van der Waals surface area contributed by atoms with Gasteiger partial charge in [0.25, 0.3) is 0 Å². The van der Waals surface area contributed by atoms with Gasteiger partial charge in [0, 0.05) is 6.21 Å². The number of nitrogens with zero attached hydrogens (tertiary/aromatic N) is 1. The molecule has 86 valence electrons. The Balaban J connectivity index is 2.06. The van der Waals surface area contributed by atoms with E-state index in [9.17, 15) is 0 Å². The molecule has 17 heavy (non-hydrogen) atoms. The van der Waals surface area contributed by atoms with Crippen LogP contribution in [-0.2, 0) is 0 Å². The van der Waals surface area contributed by atoms with Gasteiger partial charge in [-0.05, 0) is 48.9 Å². The summed E-state index contributed by atoms with van der Waals surface area (Å²) in [7, 11) is 0. The Morgan fingerprint density at radius 2 is 1.71 bits per heavy atom. The monoisotopic (exact) mass is 225 g/mol. The summed E-state index contributed by atoms with van der Waals surface area (Å²) in [5.41, 5.74) is 2.03. The third kappa shape index (κ3) is 3.45. The van der Waals surface area contributed by atoms with E-state index in [0.29, 0.717) is 6.61 Å². The Bertz CT molecular complexity index is 474. The van der Waals surface area contributed by atoms with E-state index in [1.165, 1.54) is 0 Å². The van der Waals surface area contributed by atoms with Crippen LogP contribution in [0.15, 0.2) is 59.6 Å². The number of hydrogen-bond acceptors (Lipinski definition) is 2. The van der Waals surface area contributed by atoms with Crippen LogP contribution in [0, 0.1) is 0 Å². The molecule has 0 spiro atoms. The second-order valence-corrected chi connectivity index (χ2v) is 3.60. The van der Waals surface area contributed by atoms with Crippen molar-refractivity contribution in [3.63, 3.8) is 0 Å². The molecule has 0 N–H and O–H groups in total. The quantitative estimate of drug-likeness (QED) is 0.724. The van der Waals surface area contributed by atoms with Crippen molar-refractivity contribution in [1.82, 2.24) is 0 Å². The summed E-state index contributed by atoms with van der Waals surface area (Å²) in [5.74, 6) is 0.893. The molecular formula is C15H15NO. The molecule has 0 aliphatic heterocycles. The lowest BCUT2D eigenvalue weighted by Gasteiger charge is -2.01. The molecule has 2 aromatic rings. The topological polar surface area (TPSA) is 21.6 Å². The summed E-state index contributed by atoms with van der Waals surface area (Å²) in [6.45, 7) is 2.67. The summed E-state index contributed by atoms with van der Waals surface area (Å²) in [5, 5.41) is 0. The largest absolute Gasteiger partial charge is 0.494 e. The van der Waals surface area contributed by atoms with Gasteiger partial charge >= 0.3 is 0 Å². The van der Waals surface area contributed by atoms with E-state index < -0.39 is 0 Å². The SMILES string of the molecule is CCOc1ccc(C=Nc2ccccc2)cc1. The van der Waals surface area contributed by atoms with Gasteiger partial charge in [-0.3, -0.25) is 4.99 Å². The summed E-state index contributed by atoms with van der Waals surface area (Å²) >= 11 is 0. The van der Waals surface area contributed by atoms with E-state index in [0.717, 1.165) is 17.0 Å². The highest BCUT2D eigenvalue weighted by molar-refractivity contribution is 5.82. The second-order valence-electron chi connectivity index (χ2n) is 3.60. The number of para-hydroxylation sites is 1. The highest BCUT2D eigenvalue weighted by Gasteiger charge is 1.92. The maximum atomic E-state index is 5.38. The maximum Gasteiger partial charge on any atom is 0.119 e. The molecule has 0 atom stereocenters. The Morgan fingerprint density at radius 1 is 1.00 bits per heavy atom. The third-order valence-electron chi connectivity index (χ3n) is 2.31. The predicted molar refractivity (Wildman–Crippen MR) is 71.3 cm³/mol. The molecule has 0 amide bonds. The van der Waals surface area contributed by atoms with Crippen molar-refractivity contribution >= 4 is 11.9 Å². The number of aliphatic imine (C=N–C) groups is 1. The second kappa shape index (κ2) is 5.85. The fourth-order valence-corrected chi connectivity index (χ4v) is 1.48. The maximum absolute atomic E-state index is 5.38. The zero-order valence-corrected chi connectivity index (χ0v) is 9.84. The fraction of sp³-hybridized carbons (Fsp3) is 0.133. The first-order valence-corrected chi connectivity index (χ1v) is 5.70. The molecule has 0 aromatic heterocycles. The molecule has 2 heteroatoms. The van der Waals surface area contributed by atoms with Gasteiger partial charge in [-0.1, -0.05) is 18.2 Å². The zero-order chi connectivity index (χ0) is 11.9. The van der Waals surface area contributed by atoms with Crippen LogP contribution in [0.4, 0.5) is 5.69 Å². The first-order chi connectivity index (χ1) is 8.38. The van der Waals surface area contributed by atoms with Crippen LogP contribution < -0.4 is 4.74 Å². The van der Waals surface area contributed by atoms with Crippen molar-refractivity contribution < 1.29 is 4.74 Å². The van der Waals surface area contributed by atoms with Gasteiger partial charge in [0.1, 0.15) is 5.75 Å². The standard InChI is InChI=1S/C15H15NO/c1-2-17-15-10-8-13(9-11-15)12-16-14-6-4-3-5-7-14/h3-12H,2H2,1H3. The van der Waals surface area contributed by atoms with E-state index >= 15 is 0 Å². The van der Waals surface area contributed by atoms with Gasteiger partial charge in [0.05, 0.1) is 12.3 Å². The minimum atomic E-state index is 0.692. The van der Waals surface area contributed by atoms with Gasteiger partial charge < -0.3 is 4.74 Å². The molecule has 0 saturated carbocycles. The number of rotatable bonds is 4. The van der Waals surface area contributed by atoms with Crippen molar-refractivity contribution in [2.75, 3.05) is 6.61 Å². The Hall–Kier alpha value is -2.09. The van der Waals surface area contributed by atoms with Crippen LogP contribution >= 0.6 is 0 Å². The van der Waals surface area contributed by atoms with Crippen LogP contribution in [0.5, 0.6) is 5.75 Å². The summed E-state index contributed by atoms with van der Waals surface area (Å²) < 4.78 is 5.38. The van der Waals surface area contributed by atoms with Crippen molar-refractivity contribution in [2.24, 2.45) is 4.99 Å². The zero-order valence-electron chi connectivity index (χ0n) is 9.84. The third-order valence-corrected chi connectivity index (χ3v) is 2.31. The van der Waals surface area contributed by atoms with Crippen LogP contribution in [0.3, 0.4) is 0 Å². The Labute approximate surface area is 102 Å². The Kier molecular flexibility index (Phi) is 3.92. The van der Waals surface area contributed by atoms with Crippen LogP contribution in [0.25, 0.3) is 0 Å². The molecule has 0 aliphatic rings. The van der Waals surface area contributed by atoms with E-state index in [1.807, 2.05) is 67.7 Å². The molecular weight excluding hydrogens is 210 g/mol. The normalized spacial score (nSPS) is 10.6. The lowest BCUT2D eigenvalue weighted by molar-refractivity contribution is 0.340. The van der Waals surface area contributed by atoms with E-state index in [2.05, 4.69) is 4.99 Å². The van der Waals surface area contributed by atoms with Crippen molar-refractivity contribution in [3.8, 4) is 5.75 Å². The lowest BCUT2D eigenvalue weighted by Crippen LogP contribution is -1.91.